The minimum Gasteiger partial charge on any atom is -0.356 e. The second-order valence-electron chi connectivity index (χ2n) is 5.52. The van der Waals surface area contributed by atoms with Gasteiger partial charge in [-0.2, -0.15) is 4.98 Å². The van der Waals surface area contributed by atoms with E-state index in [4.69, 9.17) is 16.1 Å². The van der Waals surface area contributed by atoms with Gasteiger partial charge in [-0.3, -0.25) is 4.79 Å². The normalized spacial score (nSPS) is 10.8. The van der Waals surface area contributed by atoms with Crippen molar-refractivity contribution in [3.05, 3.63) is 53.9 Å². The summed E-state index contributed by atoms with van der Waals surface area (Å²) >= 11 is 5.86. The lowest BCUT2D eigenvalue weighted by Gasteiger charge is -2.04. The van der Waals surface area contributed by atoms with E-state index in [0.717, 1.165) is 18.5 Å². The fourth-order valence-corrected chi connectivity index (χ4v) is 2.42. The average molecular weight is 360 g/mol. The monoisotopic (exact) mass is 359 g/mol. The van der Waals surface area contributed by atoms with Crippen molar-refractivity contribution in [2.75, 3.05) is 6.54 Å². The van der Waals surface area contributed by atoms with Gasteiger partial charge in [-0.15, -0.1) is 0 Å². The van der Waals surface area contributed by atoms with E-state index in [1.54, 1.807) is 24.7 Å². The largest absolute Gasteiger partial charge is 0.356 e. The van der Waals surface area contributed by atoms with Crippen molar-refractivity contribution in [3.8, 4) is 11.4 Å². The highest BCUT2D eigenvalue weighted by Crippen LogP contribution is 2.18. The molecule has 0 atom stereocenters. The van der Waals surface area contributed by atoms with Crippen LogP contribution in [0.4, 0.5) is 0 Å². The number of hydrogen-bond acceptors (Lipinski definition) is 5. The number of aryl methyl sites for hydroxylation is 2. The molecule has 130 valence electrons. The number of amides is 1. The van der Waals surface area contributed by atoms with E-state index in [0.29, 0.717) is 36.1 Å². The summed E-state index contributed by atoms with van der Waals surface area (Å²) < 4.78 is 7.17. The Morgan fingerprint density at radius 3 is 2.88 bits per heavy atom. The number of hydrogen-bond donors (Lipinski definition) is 1. The molecule has 0 radical (unpaired) electrons. The topological polar surface area (TPSA) is 85.8 Å². The van der Waals surface area contributed by atoms with E-state index in [1.807, 2.05) is 22.9 Å². The van der Waals surface area contributed by atoms with Crippen molar-refractivity contribution < 1.29 is 9.32 Å². The van der Waals surface area contributed by atoms with Crippen LogP contribution in [0, 0.1) is 0 Å². The van der Waals surface area contributed by atoms with Gasteiger partial charge in [0.2, 0.25) is 17.6 Å². The Bertz CT molecular complexity index is 799. The smallest absolute Gasteiger partial charge is 0.227 e. The molecule has 0 spiro atoms. The first kappa shape index (κ1) is 17.2. The van der Waals surface area contributed by atoms with E-state index in [-0.39, 0.29) is 5.91 Å². The van der Waals surface area contributed by atoms with Gasteiger partial charge in [0, 0.05) is 48.9 Å². The summed E-state index contributed by atoms with van der Waals surface area (Å²) in [7, 11) is 0. The molecule has 7 nitrogen and oxygen atoms in total. The number of halogens is 1. The first-order valence-corrected chi connectivity index (χ1v) is 8.39. The minimum atomic E-state index is -0.0307. The fraction of sp³-hybridized carbons (Fsp3) is 0.294. The van der Waals surface area contributed by atoms with Gasteiger partial charge in [-0.25, -0.2) is 4.98 Å². The maximum atomic E-state index is 11.9. The van der Waals surface area contributed by atoms with Crippen LogP contribution in [0.25, 0.3) is 11.4 Å². The molecule has 8 heteroatoms. The standard InChI is InChI=1S/C17H18ClN5O2/c18-14-4-2-13(3-5-14)17-21-16(25-22-17)7-6-15(24)20-8-1-10-23-11-9-19-12-23/h2-5,9,11-12H,1,6-8,10H2,(H,20,24). The summed E-state index contributed by atoms with van der Waals surface area (Å²) in [5.74, 6) is 0.905. The summed E-state index contributed by atoms with van der Waals surface area (Å²) in [5, 5.41) is 7.46. The number of imidazole rings is 1. The van der Waals surface area contributed by atoms with Crippen molar-refractivity contribution in [1.82, 2.24) is 25.0 Å². The molecule has 1 amide bonds. The molecule has 0 aliphatic carbocycles. The Labute approximate surface area is 150 Å². The van der Waals surface area contributed by atoms with Crippen LogP contribution in [-0.4, -0.2) is 32.1 Å². The number of carbonyl (C=O) groups excluding carboxylic acids is 1. The Balaban J connectivity index is 1.39. The molecule has 0 bridgehead atoms. The predicted molar refractivity (Wildman–Crippen MR) is 92.9 cm³/mol. The van der Waals surface area contributed by atoms with Crippen LogP contribution in [-0.2, 0) is 17.8 Å². The van der Waals surface area contributed by atoms with Crippen molar-refractivity contribution >= 4 is 17.5 Å². The number of aromatic nitrogens is 4. The van der Waals surface area contributed by atoms with Gasteiger partial charge in [-0.1, -0.05) is 16.8 Å². The van der Waals surface area contributed by atoms with E-state index in [9.17, 15) is 4.79 Å². The third kappa shape index (κ3) is 5.15. The Morgan fingerprint density at radius 1 is 1.28 bits per heavy atom. The maximum Gasteiger partial charge on any atom is 0.227 e. The minimum absolute atomic E-state index is 0.0307. The molecular weight excluding hydrogens is 342 g/mol. The average Bonchev–Trinajstić information content (AvgIpc) is 3.29. The van der Waals surface area contributed by atoms with Crippen LogP contribution in [0.2, 0.25) is 5.02 Å². The SMILES string of the molecule is O=C(CCc1nc(-c2ccc(Cl)cc2)no1)NCCCn1ccnc1. The van der Waals surface area contributed by atoms with Crippen molar-refractivity contribution in [2.24, 2.45) is 0 Å². The highest BCUT2D eigenvalue weighted by molar-refractivity contribution is 6.30. The molecule has 0 unspecified atom stereocenters. The molecule has 1 aromatic carbocycles. The molecular formula is C17H18ClN5O2. The molecule has 3 rings (SSSR count). The molecule has 2 aromatic heterocycles. The van der Waals surface area contributed by atoms with Gasteiger partial charge >= 0.3 is 0 Å². The number of nitrogens with one attached hydrogen (secondary N) is 1. The molecule has 25 heavy (non-hydrogen) atoms. The summed E-state index contributed by atoms with van der Waals surface area (Å²) in [5.41, 5.74) is 0.823. The van der Waals surface area contributed by atoms with E-state index in [2.05, 4.69) is 20.4 Å². The highest BCUT2D eigenvalue weighted by atomic mass is 35.5. The van der Waals surface area contributed by atoms with Crippen molar-refractivity contribution in [1.29, 1.82) is 0 Å². The number of nitrogens with zero attached hydrogens (tertiary/aromatic N) is 4. The molecule has 0 aliphatic rings. The zero-order valence-corrected chi connectivity index (χ0v) is 14.3. The van der Waals surface area contributed by atoms with Crippen LogP contribution < -0.4 is 5.32 Å². The Morgan fingerprint density at radius 2 is 2.12 bits per heavy atom. The molecule has 0 aliphatic heterocycles. The molecule has 3 aromatic rings. The number of carbonyl (C=O) groups is 1. The predicted octanol–water partition coefficient (Wildman–Crippen LogP) is 2.73. The zero-order valence-electron chi connectivity index (χ0n) is 13.6. The van der Waals surface area contributed by atoms with Gasteiger partial charge in [0.1, 0.15) is 0 Å². The lowest BCUT2D eigenvalue weighted by molar-refractivity contribution is -0.121. The molecule has 0 fully saturated rings. The fourth-order valence-electron chi connectivity index (χ4n) is 2.29. The van der Waals surface area contributed by atoms with Gasteiger partial charge in [0.05, 0.1) is 6.33 Å². The molecule has 0 saturated carbocycles. The Kier molecular flexibility index (Phi) is 5.79. The second kappa shape index (κ2) is 8.43. The highest BCUT2D eigenvalue weighted by Gasteiger charge is 2.10. The first-order chi connectivity index (χ1) is 12.2. The molecule has 2 heterocycles. The maximum absolute atomic E-state index is 11.9. The van der Waals surface area contributed by atoms with Crippen LogP contribution in [0.5, 0.6) is 0 Å². The van der Waals surface area contributed by atoms with E-state index < -0.39 is 0 Å². The van der Waals surface area contributed by atoms with Crippen molar-refractivity contribution in [2.45, 2.75) is 25.8 Å². The third-order valence-corrected chi connectivity index (χ3v) is 3.86. The summed E-state index contributed by atoms with van der Waals surface area (Å²) in [6.07, 6.45) is 6.97. The summed E-state index contributed by atoms with van der Waals surface area (Å²) in [4.78, 5) is 20.1. The quantitative estimate of drug-likeness (QED) is 0.625. The first-order valence-electron chi connectivity index (χ1n) is 8.02. The lowest BCUT2D eigenvalue weighted by atomic mass is 10.2. The number of rotatable bonds is 8. The van der Waals surface area contributed by atoms with E-state index >= 15 is 0 Å². The molecule has 1 N–H and O–H groups in total. The molecule has 0 saturated heterocycles. The van der Waals surface area contributed by atoms with Crippen LogP contribution in [0.15, 0.2) is 47.5 Å². The van der Waals surface area contributed by atoms with Gasteiger partial charge in [0.15, 0.2) is 0 Å². The third-order valence-electron chi connectivity index (χ3n) is 3.61. The zero-order chi connectivity index (χ0) is 17.5. The van der Waals surface area contributed by atoms with Crippen molar-refractivity contribution in [3.63, 3.8) is 0 Å². The summed E-state index contributed by atoms with van der Waals surface area (Å²) in [6.45, 7) is 1.45. The van der Waals surface area contributed by atoms with Crippen LogP contribution in [0.3, 0.4) is 0 Å². The van der Waals surface area contributed by atoms with Gasteiger partial charge in [0.25, 0.3) is 0 Å². The van der Waals surface area contributed by atoms with Crippen LogP contribution >= 0.6 is 11.6 Å². The second-order valence-corrected chi connectivity index (χ2v) is 5.96. The van der Waals surface area contributed by atoms with Crippen LogP contribution in [0.1, 0.15) is 18.7 Å². The summed E-state index contributed by atoms with van der Waals surface area (Å²) in [6, 6.07) is 7.18. The lowest BCUT2D eigenvalue weighted by Crippen LogP contribution is -2.25. The Hall–Kier alpha value is -2.67. The van der Waals surface area contributed by atoms with Gasteiger partial charge < -0.3 is 14.4 Å². The number of benzene rings is 1. The van der Waals surface area contributed by atoms with Gasteiger partial charge in [-0.05, 0) is 30.7 Å². The van der Waals surface area contributed by atoms with E-state index in [1.165, 1.54) is 0 Å².